The average Bonchev–Trinajstić information content (AvgIpc) is 2.16. The Hall–Kier alpha value is -1.55. The number of carboxylic acid groups (broad SMARTS) is 1. The maximum Gasteiger partial charge on any atom is 0.336 e. The molecule has 0 aromatic heterocycles. The Morgan fingerprint density at radius 2 is 2.14 bits per heavy atom. The van der Waals surface area contributed by atoms with Crippen molar-refractivity contribution in [2.75, 3.05) is 6.61 Å². The van der Waals surface area contributed by atoms with Crippen molar-refractivity contribution >= 4 is 5.97 Å². The fourth-order valence-electron chi connectivity index (χ4n) is 0.958. The van der Waals surface area contributed by atoms with Gasteiger partial charge in [-0.1, -0.05) is 18.2 Å². The van der Waals surface area contributed by atoms with Crippen molar-refractivity contribution < 1.29 is 19.7 Å². The number of benzene rings is 1. The summed E-state index contributed by atoms with van der Waals surface area (Å²) in [6, 6.07) is 7.22. The third kappa shape index (κ3) is 2.74. The van der Waals surface area contributed by atoms with Crippen LogP contribution in [0.5, 0.6) is 5.75 Å². The molecule has 0 aliphatic heterocycles. The van der Waals surface area contributed by atoms with Gasteiger partial charge in [-0.2, -0.15) is 0 Å². The third-order valence-corrected chi connectivity index (χ3v) is 1.78. The van der Waals surface area contributed by atoms with Crippen molar-refractivity contribution in [3.05, 3.63) is 29.8 Å². The van der Waals surface area contributed by atoms with E-state index in [9.17, 15) is 4.79 Å². The van der Waals surface area contributed by atoms with Crippen LogP contribution in [-0.4, -0.2) is 28.9 Å². The van der Waals surface area contributed by atoms with Crippen LogP contribution in [0, 0.1) is 6.92 Å². The van der Waals surface area contributed by atoms with Crippen molar-refractivity contribution in [3.8, 4) is 5.75 Å². The summed E-state index contributed by atoms with van der Waals surface area (Å²) >= 11 is 0. The van der Waals surface area contributed by atoms with E-state index < -0.39 is 12.1 Å². The predicted molar refractivity (Wildman–Crippen MR) is 50.3 cm³/mol. The highest BCUT2D eigenvalue weighted by Gasteiger charge is 2.13. The van der Waals surface area contributed by atoms with E-state index in [1.165, 1.54) is 0 Å². The number of aryl methyl sites for hydroxylation is 1. The third-order valence-electron chi connectivity index (χ3n) is 1.78. The first-order valence-corrected chi connectivity index (χ1v) is 4.20. The lowest BCUT2D eigenvalue weighted by molar-refractivity contribution is -0.148. The Morgan fingerprint density at radius 3 is 2.71 bits per heavy atom. The lowest BCUT2D eigenvalue weighted by Crippen LogP contribution is -2.26. The van der Waals surface area contributed by atoms with Gasteiger partial charge in [-0.15, -0.1) is 0 Å². The minimum Gasteiger partial charge on any atom is -0.490 e. The normalized spacial score (nSPS) is 12.1. The molecule has 1 aromatic carbocycles. The van der Waals surface area contributed by atoms with Gasteiger partial charge in [0.1, 0.15) is 12.4 Å². The van der Waals surface area contributed by atoms with E-state index in [0.717, 1.165) is 5.56 Å². The number of aliphatic carboxylic acids is 1. The molecule has 0 bridgehead atoms. The van der Waals surface area contributed by atoms with Crippen molar-refractivity contribution in [1.29, 1.82) is 0 Å². The Balaban J connectivity index is 2.54. The van der Waals surface area contributed by atoms with Crippen LogP contribution < -0.4 is 4.74 Å². The van der Waals surface area contributed by atoms with E-state index >= 15 is 0 Å². The maximum atomic E-state index is 10.3. The lowest BCUT2D eigenvalue weighted by atomic mass is 10.2. The predicted octanol–water partition coefficient (Wildman–Crippen LogP) is 0.819. The van der Waals surface area contributed by atoms with Gasteiger partial charge in [0.25, 0.3) is 0 Å². The SMILES string of the molecule is Cc1ccccc1OCC(O)C(=O)O. The quantitative estimate of drug-likeness (QED) is 0.748. The van der Waals surface area contributed by atoms with Crippen LogP contribution in [0.4, 0.5) is 0 Å². The van der Waals surface area contributed by atoms with Crippen molar-refractivity contribution in [2.45, 2.75) is 13.0 Å². The first kappa shape index (κ1) is 10.5. The van der Waals surface area contributed by atoms with Gasteiger partial charge in [-0.3, -0.25) is 0 Å². The molecule has 0 aliphatic carbocycles. The van der Waals surface area contributed by atoms with Crippen LogP contribution in [-0.2, 0) is 4.79 Å². The number of aliphatic hydroxyl groups is 1. The molecule has 14 heavy (non-hydrogen) atoms. The fourth-order valence-corrected chi connectivity index (χ4v) is 0.958. The molecule has 0 fully saturated rings. The number of ether oxygens (including phenoxy) is 1. The van der Waals surface area contributed by atoms with Gasteiger partial charge < -0.3 is 14.9 Å². The first-order chi connectivity index (χ1) is 6.61. The standard InChI is InChI=1S/C10H12O4/c1-7-4-2-3-5-9(7)14-6-8(11)10(12)13/h2-5,8,11H,6H2,1H3,(H,12,13). The highest BCUT2D eigenvalue weighted by Crippen LogP contribution is 2.16. The summed E-state index contributed by atoms with van der Waals surface area (Å²) in [6.07, 6.45) is -1.48. The molecule has 1 atom stereocenters. The van der Waals surface area contributed by atoms with Crippen molar-refractivity contribution in [3.63, 3.8) is 0 Å². The van der Waals surface area contributed by atoms with Gasteiger partial charge in [0.05, 0.1) is 0 Å². The van der Waals surface area contributed by atoms with Crippen molar-refractivity contribution in [1.82, 2.24) is 0 Å². The minimum atomic E-state index is -1.48. The summed E-state index contributed by atoms with van der Waals surface area (Å²) in [4.78, 5) is 10.3. The Bertz CT molecular complexity index is 322. The molecule has 0 spiro atoms. The Kier molecular flexibility index (Phi) is 3.48. The number of aliphatic hydroxyl groups excluding tert-OH is 1. The summed E-state index contributed by atoms with van der Waals surface area (Å²) < 4.78 is 5.13. The number of carboxylic acids is 1. The molecular formula is C10H12O4. The number of carbonyl (C=O) groups is 1. The zero-order valence-corrected chi connectivity index (χ0v) is 7.80. The number of para-hydroxylation sites is 1. The van der Waals surface area contributed by atoms with Crippen LogP contribution in [0.1, 0.15) is 5.56 Å². The molecule has 1 rings (SSSR count). The minimum absolute atomic E-state index is 0.236. The molecule has 0 radical (unpaired) electrons. The molecule has 76 valence electrons. The zero-order valence-electron chi connectivity index (χ0n) is 7.80. The van der Waals surface area contributed by atoms with E-state index in [2.05, 4.69) is 0 Å². The average molecular weight is 196 g/mol. The Labute approximate surface area is 81.8 Å². The summed E-state index contributed by atoms with van der Waals surface area (Å²) in [5, 5.41) is 17.4. The monoisotopic (exact) mass is 196 g/mol. The topological polar surface area (TPSA) is 66.8 Å². The van der Waals surface area contributed by atoms with E-state index in [1.54, 1.807) is 12.1 Å². The largest absolute Gasteiger partial charge is 0.490 e. The second-order valence-electron chi connectivity index (χ2n) is 2.93. The van der Waals surface area contributed by atoms with Crippen LogP contribution in [0.15, 0.2) is 24.3 Å². The Morgan fingerprint density at radius 1 is 1.50 bits per heavy atom. The van der Waals surface area contributed by atoms with E-state index in [4.69, 9.17) is 14.9 Å². The van der Waals surface area contributed by atoms with Crippen LogP contribution in [0.25, 0.3) is 0 Å². The highest BCUT2D eigenvalue weighted by atomic mass is 16.5. The van der Waals surface area contributed by atoms with Gasteiger partial charge in [-0.25, -0.2) is 4.79 Å². The second kappa shape index (κ2) is 4.62. The van der Waals surface area contributed by atoms with E-state index in [1.807, 2.05) is 19.1 Å². The second-order valence-corrected chi connectivity index (χ2v) is 2.93. The fraction of sp³-hybridized carbons (Fsp3) is 0.300. The van der Waals surface area contributed by atoms with Gasteiger partial charge in [0, 0.05) is 0 Å². The van der Waals surface area contributed by atoms with Crippen LogP contribution in [0.3, 0.4) is 0 Å². The van der Waals surface area contributed by atoms with Gasteiger partial charge in [0.15, 0.2) is 6.10 Å². The lowest BCUT2D eigenvalue weighted by Gasteiger charge is -2.10. The summed E-state index contributed by atoms with van der Waals surface area (Å²) in [6.45, 7) is 1.61. The molecule has 4 heteroatoms. The maximum absolute atomic E-state index is 10.3. The highest BCUT2D eigenvalue weighted by molar-refractivity contribution is 5.72. The molecule has 1 unspecified atom stereocenters. The van der Waals surface area contributed by atoms with Crippen LogP contribution in [0.2, 0.25) is 0 Å². The molecule has 0 saturated carbocycles. The number of hydrogen-bond acceptors (Lipinski definition) is 3. The van der Waals surface area contributed by atoms with Crippen LogP contribution >= 0.6 is 0 Å². The van der Waals surface area contributed by atoms with E-state index in [-0.39, 0.29) is 6.61 Å². The van der Waals surface area contributed by atoms with Gasteiger partial charge in [-0.05, 0) is 18.6 Å². The summed E-state index contributed by atoms with van der Waals surface area (Å²) in [5.74, 6) is -0.689. The molecule has 2 N–H and O–H groups in total. The molecule has 0 heterocycles. The molecule has 0 aliphatic rings. The van der Waals surface area contributed by atoms with Crippen molar-refractivity contribution in [2.24, 2.45) is 0 Å². The summed E-state index contributed by atoms with van der Waals surface area (Å²) in [5.41, 5.74) is 0.907. The molecule has 4 nitrogen and oxygen atoms in total. The smallest absolute Gasteiger partial charge is 0.336 e. The zero-order chi connectivity index (χ0) is 10.6. The van der Waals surface area contributed by atoms with E-state index in [0.29, 0.717) is 5.75 Å². The molecule has 1 aromatic rings. The van der Waals surface area contributed by atoms with Gasteiger partial charge >= 0.3 is 5.97 Å². The molecule has 0 saturated heterocycles. The molecular weight excluding hydrogens is 184 g/mol. The first-order valence-electron chi connectivity index (χ1n) is 4.20. The van der Waals surface area contributed by atoms with Gasteiger partial charge in [0.2, 0.25) is 0 Å². The number of rotatable bonds is 4. The summed E-state index contributed by atoms with van der Waals surface area (Å²) in [7, 11) is 0. The number of hydrogen-bond donors (Lipinski definition) is 2. The molecule has 0 amide bonds.